The van der Waals surface area contributed by atoms with E-state index in [-0.39, 0.29) is 12.2 Å². The second-order valence-corrected chi connectivity index (χ2v) is 4.59. The van der Waals surface area contributed by atoms with E-state index in [1.54, 1.807) is 0 Å². The summed E-state index contributed by atoms with van der Waals surface area (Å²) in [5, 5.41) is 0. The molecule has 0 unspecified atom stereocenters. The monoisotopic (exact) mass is 176 g/mol. The van der Waals surface area contributed by atoms with Gasteiger partial charge in [0.05, 0.1) is 0 Å². The van der Waals surface area contributed by atoms with Crippen molar-refractivity contribution in [3.05, 3.63) is 22.9 Å². The minimum atomic E-state index is -3.10. The molecule has 0 saturated heterocycles. The van der Waals surface area contributed by atoms with Crippen molar-refractivity contribution in [2.24, 2.45) is 0 Å². The van der Waals surface area contributed by atoms with Crippen molar-refractivity contribution in [2.75, 3.05) is 6.26 Å². The molecule has 2 nitrogen and oxygen atoms in total. The SMILES string of the molecule is CS(=O)(=O)C1=CC=C(F)CC1. The van der Waals surface area contributed by atoms with Crippen molar-refractivity contribution >= 4 is 9.84 Å². The summed E-state index contributed by atoms with van der Waals surface area (Å²) in [6.45, 7) is 0. The fourth-order valence-electron chi connectivity index (χ4n) is 0.902. The van der Waals surface area contributed by atoms with E-state index in [0.717, 1.165) is 6.26 Å². The van der Waals surface area contributed by atoms with Gasteiger partial charge in [0.15, 0.2) is 9.84 Å². The molecule has 0 aromatic rings. The number of allylic oxidation sites excluding steroid dienone is 4. The Balaban J connectivity index is 2.95. The molecule has 11 heavy (non-hydrogen) atoms. The highest BCUT2D eigenvalue weighted by molar-refractivity contribution is 7.94. The van der Waals surface area contributed by atoms with E-state index in [9.17, 15) is 12.8 Å². The molecule has 1 rings (SSSR count). The number of hydrogen-bond acceptors (Lipinski definition) is 2. The molecule has 0 bridgehead atoms. The van der Waals surface area contributed by atoms with Gasteiger partial charge in [-0.3, -0.25) is 0 Å². The fourth-order valence-corrected chi connectivity index (χ4v) is 1.69. The average molecular weight is 176 g/mol. The third-order valence-electron chi connectivity index (χ3n) is 1.54. The highest BCUT2D eigenvalue weighted by atomic mass is 32.2. The van der Waals surface area contributed by atoms with Gasteiger partial charge >= 0.3 is 0 Å². The van der Waals surface area contributed by atoms with Gasteiger partial charge in [-0.2, -0.15) is 0 Å². The molecule has 0 N–H and O–H groups in total. The molecule has 0 fully saturated rings. The van der Waals surface area contributed by atoms with Crippen LogP contribution < -0.4 is 0 Å². The summed E-state index contributed by atoms with van der Waals surface area (Å²) in [5.41, 5.74) is 0. The largest absolute Gasteiger partial charge is 0.224 e. The Hall–Kier alpha value is -0.640. The van der Waals surface area contributed by atoms with Crippen LogP contribution in [0.25, 0.3) is 0 Å². The van der Waals surface area contributed by atoms with Crippen LogP contribution in [0, 0.1) is 0 Å². The summed E-state index contributed by atoms with van der Waals surface area (Å²) in [6.07, 6.45) is 4.17. The second-order valence-electron chi connectivity index (χ2n) is 2.52. The topological polar surface area (TPSA) is 34.1 Å². The molecule has 62 valence electrons. The van der Waals surface area contributed by atoms with Gasteiger partial charge in [-0.1, -0.05) is 0 Å². The lowest BCUT2D eigenvalue weighted by Crippen LogP contribution is -2.03. The minimum absolute atomic E-state index is 0.207. The lowest BCUT2D eigenvalue weighted by Gasteiger charge is -2.06. The van der Waals surface area contributed by atoms with Crippen LogP contribution in [-0.2, 0) is 9.84 Å². The molecule has 0 spiro atoms. The molecular formula is C7H9FO2S. The first-order chi connectivity index (χ1) is 5.00. The summed E-state index contributed by atoms with van der Waals surface area (Å²) in [4.78, 5) is 0.318. The molecule has 0 aromatic heterocycles. The summed E-state index contributed by atoms with van der Waals surface area (Å²) in [6, 6.07) is 0. The van der Waals surface area contributed by atoms with Crippen LogP contribution in [-0.4, -0.2) is 14.7 Å². The maximum absolute atomic E-state index is 12.4. The van der Waals surface area contributed by atoms with Crippen LogP contribution >= 0.6 is 0 Å². The maximum Gasteiger partial charge on any atom is 0.171 e. The normalized spacial score (nSPS) is 19.1. The maximum atomic E-state index is 12.4. The van der Waals surface area contributed by atoms with Gasteiger partial charge in [0.25, 0.3) is 0 Å². The third kappa shape index (κ3) is 2.15. The van der Waals surface area contributed by atoms with Crippen LogP contribution in [0.15, 0.2) is 22.9 Å². The van der Waals surface area contributed by atoms with Gasteiger partial charge in [0, 0.05) is 17.6 Å². The molecule has 1 aliphatic rings. The molecule has 0 aliphatic heterocycles. The average Bonchev–Trinajstić information content (AvgIpc) is 1.86. The Morgan fingerprint density at radius 3 is 2.36 bits per heavy atom. The lowest BCUT2D eigenvalue weighted by atomic mass is 10.2. The smallest absolute Gasteiger partial charge is 0.171 e. The summed E-state index contributed by atoms with van der Waals surface area (Å²) in [5.74, 6) is -0.252. The van der Waals surface area contributed by atoms with Crippen molar-refractivity contribution in [3.8, 4) is 0 Å². The molecule has 0 heterocycles. The third-order valence-corrected chi connectivity index (χ3v) is 2.83. The van der Waals surface area contributed by atoms with Gasteiger partial charge in [-0.25, -0.2) is 12.8 Å². The van der Waals surface area contributed by atoms with Crippen LogP contribution in [0.4, 0.5) is 4.39 Å². The van der Waals surface area contributed by atoms with Crippen LogP contribution in [0.1, 0.15) is 12.8 Å². The van der Waals surface area contributed by atoms with E-state index in [1.165, 1.54) is 12.2 Å². The van der Waals surface area contributed by atoms with Gasteiger partial charge in [0.2, 0.25) is 0 Å². The Morgan fingerprint density at radius 2 is 2.00 bits per heavy atom. The molecule has 4 heteroatoms. The molecule has 1 aliphatic carbocycles. The number of halogens is 1. The van der Waals surface area contributed by atoms with E-state index in [2.05, 4.69) is 0 Å². The zero-order chi connectivity index (χ0) is 8.48. The minimum Gasteiger partial charge on any atom is -0.224 e. The van der Waals surface area contributed by atoms with Crippen molar-refractivity contribution in [3.63, 3.8) is 0 Å². The van der Waals surface area contributed by atoms with Crippen LogP contribution in [0.2, 0.25) is 0 Å². The molecule has 0 aromatic carbocycles. The lowest BCUT2D eigenvalue weighted by molar-refractivity contribution is 0.579. The number of hydrogen-bond donors (Lipinski definition) is 0. The molecule has 0 saturated carbocycles. The first-order valence-electron chi connectivity index (χ1n) is 3.25. The predicted molar refractivity (Wildman–Crippen MR) is 41.4 cm³/mol. The van der Waals surface area contributed by atoms with Crippen LogP contribution in [0.5, 0.6) is 0 Å². The van der Waals surface area contributed by atoms with E-state index < -0.39 is 9.84 Å². The van der Waals surface area contributed by atoms with Gasteiger partial charge in [0.1, 0.15) is 5.83 Å². The van der Waals surface area contributed by atoms with Crippen molar-refractivity contribution in [2.45, 2.75) is 12.8 Å². The Morgan fingerprint density at radius 1 is 1.36 bits per heavy atom. The Kier molecular flexibility index (Phi) is 2.13. The Labute approximate surface area is 65.3 Å². The van der Waals surface area contributed by atoms with Crippen LogP contribution in [0.3, 0.4) is 0 Å². The first-order valence-corrected chi connectivity index (χ1v) is 5.14. The van der Waals surface area contributed by atoms with Gasteiger partial charge in [-0.05, 0) is 18.6 Å². The molecule has 0 radical (unpaired) electrons. The van der Waals surface area contributed by atoms with Gasteiger partial charge in [-0.15, -0.1) is 0 Å². The molecular weight excluding hydrogens is 167 g/mol. The number of sulfone groups is 1. The van der Waals surface area contributed by atoms with Gasteiger partial charge < -0.3 is 0 Å². The van der Waals surface area contributed by atoms with E-state index in [1.807, 2.05) is 0 Å². The summed E-state index contributed by atoms with van der Waals surface area (Å²) in [7, 11) is -3.10. The number of rotatable bonds is 1. The summed E-state index contributed by atoms with van der Waals surface area (Å²) >= 11 is 0. The zero-order valence-electron chi connectivity index (χ0n) is 6.17. The first kappa shape index (κ1) is 8.46. The van der Waals surface area contributed by atoms with Crippen molar-refractivity contribution in [1.82, 2.24) is 0 Å². The molecule has 0 amide bonds. The van der Waals surface area contributed by atoms with E-state index in [4.69, 9.17) is 0 Å². The second kappa shape index (κ2) is 2.77. The van der Waals surface area contributed by atoms with Crippen molar-refractivity contribution < 1.29 is 12.8 Å². The predicted octanol–water partition coefficient (Wildman–Crippen LogP) is 1.56. The highest BCUT2D eigenvalue weighted by Crippen LogP contribution is 2.22. The standard InChI is InChI=1S/C7H9FO2S/c1-11(9,10)7-4-2-6(8)3-5-7/h2,4H,3,5H2,1H3. The zero-order valence-corrected chi connectivity index (χ0v) is 6.99. The van der Waals surface area contributed by atoms with E-state index >= 15 is 0 Å². The van der Waals surface area contributed by atoms with Crippen molar-refractivity contribution in [1.29, 1.82) is 0 Å². The quantitative estimate of drug-likeness (QED) is 0.607. The summed E-state index contributed by atoms with van der Waals surface area (Å²) < 4.78 is 34.1. The Bertz CT molecular complexity index is 311. The van der Waals surface area contributed by atoms with E-state index in [0.29, 0.717) is 11.3 Å². The fraction of sp³-hybridized carbons (Fsp3) is 0.429. The highest BCUT2D eigenvalue weighted by Gasteiger charge is 2.14. The molecule has 0 atom stereocenters.